The Morgan fingerprint density at radius 2 is 2.05 bits per heavy atom. The van der Waals surface area contributed by atoms with Crippen LogP contribution < -0.4 is 10.1 Å². The molecule has 1 aromatic carbocycles. The number of nitrogens with one attached hydrogen (secondary N) is 1. The van der Waals surface area contributed by atoms with E-state index in [1.807, 2.05) is 39.1 Å². The number of unbranched alkanes of at least 4 members (excludes halogenated alkanes) is 1. The molecule has 0 aliphatic heterocycles. The van der Waals surface area contributed by atoms with Crippen molar-refractivity contribution in [1.82, 2.24) is 5.32 Å². The Bertz CT molecular complexity index is 526. The van der Waals surface area contributed by atoms with Crippen molar-refractivity contribution in [3.05, 3.63) is 29.3 Å². The van der Waals surface area contributed by atoms with Crippen LogP contribution in [0.5, 0.6) is 5.75 Å². The van der Waals surface area contributed by atoms with Gasteiger partial charge in [0.25, 0.3) is 0 Å². The molecule has 0 saturated heterocycles. The topological polar surface area (TPSA) is 55.4 Å². The number of benzene rings is 1. The molecular weight excluding hydrogens is 274 g/mol. The normalized spacial score (nSPS) is 13.2. The van der Waals surface area contributed by atoms with Gasteiger partial charge in [-0.05, 0) is 38.1 Å². The predicted molar refractivity (Wildman–Crippen MR) is 82.9 cm³/mol. The molecule has 1 N–H and O–H groups in total. The van der Waals surface area contributed by atoms with E-state index in [0.717, 1.165) is 17.5 Å². The van der Waals surface area contributed by atoms with Crippen molar-refractivity contribution in [2.75, 3.05) is 19.9 Å². The van der Waals surface area contributed by atoms with Crippen molar-refractivity contribution in [1.29, 1.82) is 0 Å². The SMILES string of the molecule is CCCCS(=O)(=O)Cc1cc(C(C)NC)ccc1OC. The lowest BCUT2D eigenvalue weighted by Crippen LogP contribution is -2.14. The summed E-state index contributed by atoms with van der Waals surface area (Å²) in [7, 11) is 0.371. The maximum Gasteiger partial charge on any atom is 0.154 e. The summed E-state index contributed by atoms with van der Waals surface area (Å²) >= 11 is 0. The summed E-state index contributed by atoms with van der Waals surface area (Å²) in [6, 6.07) is 5.90. The highest BCUT2D eigenvalue weighted by Gasteiger charge is 2.16. The van der Waals surface area contributed by atoms with Crippen LogP contribution in [0.15, 0.2) is 18.2 Å². The van der Waals surface area contributed by atoms with Gasteiger partial charge in [-0.3, -0.25) is 0 Å². The zero-order chi connectivity index (χ0) is 15.2. The van der Waals surface area contributed by atoms with Crippen LogP contribution in [0, 0.1) is 0 Å². The van der Waals surface area contributed by atoms with Gasteiger partial charge in [0.15, 0.2) is 9.84 Å². The third-order valence-corrected chi connectivity index (χ3v) is 5.08. The van der Waals surface area contributed by atoms with Crippen LogP contribution >= 0.6 is 0 Å². The molecule has 1 atom stereocenters. The maximum absolute atomic E-state index is 12.1. The summed E-state index contributed by atoms with van der Waals surface area (Å²) in [6.45, 7) is 4.03. The molecule has 0 heterocycles. The molecule has 1 rings (SSSR count). The lowest BCUT2D eigenvalue weighted by Gasteiger charge is -2.15. The lowest BCUT2D eigenvalue weighted by atomic mass is 10.1. The van der Waals surface area contributed by atoms with E-state index < -0.39 is 9.84 Å². The quantitative estimate of drug-likeness (QED) is 0.802. The second-order valence-corrected chi connectivity index (χ2v) is 7.21. The first-order valence-electron chi connectivity index (χ1n) is 6.98. The summed E-state index contributed by atoms with van der Waals surface area (Å²) < 4.78 is 29.5. The van der Waals surface area contributed by atoms with E-state index in [1.54, 1.807) is 7.11 Å². The fourth-order valence-corrected chi connectivity index (χ4v) is 3.59. The lowest BCUT2D eigenvalue weighted by molar-refractivity contribution is 0.410. The summed E-state index contributed by atoms with van der Waals surface area (Å²) in [6.07, 6.45) is 1.59. The van der Waals surface area contributed by atoms with Crippen LogP contribution in [0.2, 0.25) is 0 Å². The molecular formula is C15H25NO3S. The summed E-state index contributed by atoms with van der Waals surface area (Å²) in [5, 5.41) is 3.15. The van der Waals surface area contributed by atoms with Crippen LogP contribution in [0.4, 0.5) is 0 Å². The molecule has 1 aromatic rings. The fraction of sp³-hybridized carbons (Fsp3) is 0.600. The maximum atomic E-state index is 12.1. The monoisotopic (exact) mass is 299 g/mol. The molecule has 0 aliphatic carbocycles. The van der Waals surface area contributed by atoms with Gasteiger partial charge >= 0.3 is 0 Å². The number of methoxy groups -OCH3 is 1. The van der Waals surface area contributed by atoms with Gasteiger partial charge in [-0.2, -0.15) is 0 Å². The van der Waals surface area contributed by atoms with Crippen molar-refractivity contribution < 1.29 is 13.2 Å². The van der Waals surface area contributed by atoms with Crippen molar-refractivity contribution in [2.45, 2.75) is 38.5 Å². The van der Waals surface area contributed by atoms with E-state index in [0.29, 0.717) is 12.2 Å². The zero-order valence-electron chi connectivity index (χ0n) is 12.8. The average Bonchev–Trinajstić information content (AvgIpc) is 2.43. The smallest absolute Gasteiger partial charge is 0.154 e. The van der Waals surface area contributed by atoms with Crippen molar-refractivity contribution in [3.8, 4) is 5.75 Å². The first-order valence-corrected chi connectivity index (χ1v) is 8.80. The number of hydrogen-bond donors (Lipinski definition) is 1. The van der Waals surface area contributed by atoms with Gasteiger partial charge in [0, 0.05) is 11.6 Å². The molecule has 0 radical (unpaired) electrons. The number of ether oxygens (including phenoxy) is 1. The third-order valence-electron chi connectivity index (χ3n) is 3.42. The summed E-state index contributed by atoms with van der Waals surface area (Å²) in [5.41, 5.74) is 1.80. The average molecular weight is 299 g/mol. The van der Waals surface area contributed by atoms with Crippen LogP contribution in [0.1, 0.15) is 43.9 Å². The van der Waals surface area contributed by atoms with E-state index >= 15 is 0 Å². The van der Waals surface area contributed by atoms with Gasteiger partial charge in [-0.15, -0.1) is 0 Å². The zero-order valence-corrected chi connectivity index (χ0v) is 13.6. The third kappa shape index (κ3) is 4.80. The van der Waals surface area contributed by atoms with Crippen molar-refractivity contribution in [3.63, 3.8) is 0 Å². The largest absolute Gasteiger partial charge is 0.496 e. The summed E-state index contributed by atoms with van der Waals surface area (Å²) in [4.78, 5) is 0. The number of sulfone groups is 1. The fourth-order valence-electron chi connectivity index (χ4n) is 2.02. The van der Waals surface area contributed by atoms with Gasteiger partial charge in [0.1, 0.15) is 5.75 Å². The predicted octanol–water partition coefficient (Wildman–Crippen LogP) is 2.69. The standard InChI is InChI=1S/C15H25NO3S/c1-5-6-9-20(17,18)11-14-10-13(12(2)16-3)7-8-15(14)19-4/h7-8,10,12,16H,5-6,9,11H2,1-4H3. The minimum Gasteiger partial charge on any atom is -0.496 e. The molecule has 0 spiro atoms. The minimum atomic E-state index is -3.08. The van der Waals surface area contributed by atoms with E-state index in [9.17, 15) is 8.42 Å². The number of hydrogen-bond acceptors (Lipinski definition) is 4. The Morgan fingerprint density at radius 1 is 1.35 bits per heavy atom. The molecule has 0 fully saturated rings. The van der Waals surface area contributed by atoms with Crippen LogP contribution in [-0.2, 0) is 15.6 Å². The molecule has 5 heteroatoms. The van der Waals surface area contributed by atoms with E-state index in [1.165, 1.54) is 0 Å². The molecule has 0 aliphatic rings. The summed E-state index contributed by atoms with van der Waals surface area (Å²) in [5.74, 6) is 0.913. The van der Waals surface area contributed by atoms with Gasteiger partial charge < -0.3 is 10.1 Å². The van der Waals surface area contributed by atoms with Gasteiger partial charge in [-0.1, -0.05) is 19.4 Å². The molecule has 20 heavy (non-hydrogen) atoms. The van der Waals surface area contributed by atoms with E-state index in [4.69, 9.17) is 4.74 Å². The highest BCUT2D eigenvalue weighted by atomic mass is 32.2. The minimum absolute atomic E-state index is 0.0421. The second kappa shape index (κ2) is 7.64. The highest BCUT2D eigenvalue weighted by molar-refractivity contribution is 7.90. The molecule has 0 saturated carbocycles. The Balaban J connectivity index is 3.02. The van der Waals surface area contributed by atoms with Crippen LogP contribution in [0.25, 0.3) is 0 Å². The second-order valence-electron chi connectivity index (χ2n) is 5.03. The Morgan fingerprint density at radius 3 is 2.60 bits per heavy atom. The van der Waals surface area contributed by atoms with Gasteiger partial charge in [0.2, 0.25) is 0 Å². The highest BCUT2D eigenvalue weighted by Crippen LogP contribution is 2.25. The molecule has 114 valence electrons. The van der Waals surface area contributed by atoms with Gasteiger partial charge in [-0.25, -0.2) is 8.42 Å². The molecule has 1 unspecified atom stereocenters. The Hall–Kier alpha value is -1.07. The van der Waals surface area contributed by atoms with Crippen LogP contribution in [0.3, 0.4) is 0 Å². The molecule has 4 nitrogen and oxygen atoms in total. The van der Waals surface area contributed by atoms with Crippen molar-refractivity contribution >= 4 is 9.84 Å². The molecule has 0 aromatic heterocycles. The Kier molecular flexibility index (Phi) is 6.49. The Labute approximate surface area is 122 Å². The van der Waals surface area contributed by atoms with Crippen LogP contribution in [-0.4, -0.2) is 28.3 Å². The van der Waals surface area contributed by atoms with E-state index in [2.05, 4.69) is 5.32 Å². The molecule has 0 bridgehead atoms. The van der Waals surface area contributed by atoms with Gasteiger partial charge in [0.05, 0.1) is 18.6 Å². The van der Waals surface area contributed by atoms with E-state index in [-0.39, 0.29) is 17.5 Å². The first-order chi connectivity index (χ1) is 9.43. The van der Waals surface area contributed by atoms with Crippen molar-refractivity contribution in [2.24, 2.45) is 0 Å². The first kappa shape index (κ1) is 17.0. The number of rotatable bonds is 8. The molecule has 0 amide bonds.